The lowest BCUT2D eigenvalue weighted by atomic mass is 10.3. The maximum atomic E-state index is 11.9. The van der Waals surface area contributed by atoms with Crippen LogP contribution in [0.3, 0.4) is 0 Å². The van der Waals surface area contributed by atoms with Gasteiger partial charge in [-0.1, -0.05) is 11.6 Å². The van der Waals surface area contributed by atoms with E-state index in [2.05, 4.69) is 10.3 Å². The number of anilines is 1. The summed E-state index contributed by atoms with van der Waals surface area (Å²) in [6, 6.07) is 5.02. The quantitative estimate of drug-likeness (QED) is 0.889. The van der Waals surface area contributed by atoms with E-state index >= 15 is 0 Å². The lowest BCUT2D eigenvalue weighted by molar-refractivity contribution is -0.115. The molecule has 106 valence electrons. The van der Waals surface area contributed by atoms with Crippen molar-refractivity contribution < 1.29 is 14.6 Å². The third-order valence-electron chi connectivity index (χ3n) is 2.51. The Morgan fingerprint density at radius 1 is 1.55 bits per heavy atom. The van der Waals surface area contributed by atoms with E-state index in [0.717, 1.165) is 0 Å². The van der Waals surface area contributed by atoms with Crippen LogP contribution in [-0.2, 0) is 17.8 Å². The molecule has 0 aliphatic rings. The molecule has 0 aliphatic carbocycles. The lowest BCUT2D eigenvalue weighted by Gasteiger charge is -2.07. The minimum atomic E-state index is -0.190. The van der Waals surface area contributed by atoms with Gasteiger partial charge in [-0.05, 0) is 18.2 Å². The maximum absolute atomic E-state index is 11.9. The standard InChI is InChI=1S/C13H13ClN2O3S/c1-19-11-3-2-8(4-10(11)14)15-12(18)5-13-16-9(6-17)7-20-13/h2-4,7,17H,5-6H2,1H3,(H,15,18). The number of hydrogen-bond acceptors (Lipinski definition) is 5. The normalized spacial score (nSPS) is 10.3. The Morgan fingerprint density at radius 2 is 2.35 bits per heavy atom. The van der Waals surface area contributed by atoms with Crippen molar-refractivity contribution in [3.8, 4) is 5.75 Å². The number of carbonyl (C=O) groups is 1. The molecule has 0 fully saturated rings. The molecule has 0 radical (unpaired) electrons. The average molecular weight is 313 g/mol. The van der Waals surface area contributed by atoms with Crippen molar-refractivity contribution in [2.75, 3.05) is 12.4 Å². The van der Waals surface area contributed by atoms with Crippen molar-refractivity contribution >= 4 is 34.5 Å². The summed E-state index contributed by atoms with van der Waals surface area (Å²) in [7, 11) is 1.53. The van der Waals surface area contributed by atoms with E-state index in [1.165, 1.54) is 18.4 Å². The Morgan fingerprint density at radius 3 is 2.95 bits per heavy atom. The average Bonchev–Trinajstić information content (AvgIpc) is 2.86. The summed E-state index contributed by atoms with van der Waals surface area (Å²) in [6.07, 6.45) is 0.161. The summed E-state index contributed by atoms with van der Waals surface area (Å²) >= 11 is 7.33. The Balaban J connectivity index is 1.99. The van der Waals surface area contributed by atoms with Gasteiger partial charge in [-0.25, -0.2) is 4.98 Å². The Bertz CT molecular complexity index is 615. The van der Waals surface area contributed by atoms with E-state index in [1.807, 2.05) is 0 Å². The first kappa shape index (κ1) is 14.8. The second-order valence-electron chi connectivity index (χ2n) is 3.96. The smallest absolute Gasteiger partial charge is 0.231 e. The SMILES string of the molecule is COc1ccc(NC(=O)Cc2nc(CO)cs2)cc1Cl. The molecular formula is C13H13ClN2O3S. The molecule has 0 atom stereocenters. The number of nitrogens with one attached hydrogen (secondary N) is 1. The van der Waals surface area contributed by atoms with Crippen molar-refractivity contribution in [2.24, 2.45) is 0 Å². The Kier molecular flexibility index (Phi) is 4.94. The fraction of sp³-hybridized carbons (Fsp3) is 0.231. The molecule has 0 bridgehead atoms. The number of ether oxygens (including phenoxy) is 1. The number of benzene rings is 1. The number of aliphatic hydroxyl groups excluding tert-OH is 1. The van der Waals surface area contributed by atoms with Gasteiger partial charge >= 0.3 is 0 Å². The number of halogens is 1. The predicted octanol–water partition coefficient (Wildman–Crippen LogP) is 2.48. The molecule has 0 spiro atoms. The van der Waals surface area contributed by atoms with Crippen LogP contribution >= 0.6 is 22.9 Å². The van der Waals surface area contributed by atoms with E-state index in [1.54, 1.807) is 23.6 Å². The Hall–Kier alpha value is -1.63. The highest BCUT2D eigenvalue weighted by atomic mass is 35.5. The van der Waals surface area contributed by atoms with Crippen LogP contribution in [0.5, 0.6) is 5.75 Å². The second-order valence-corrected chi connectivity index (χ2v) is 5.31. The molecule has 1 aromatic heterocycles. The monoisotopic (exact) mass is 312 g/mol. The number of aromatic nitrogens is 1. The van der Waals surface area contributed by atoms with Crippen LogP contribution in [0.15, 0.2) is 23.6 Å². The number of amides is 1. The fourth-order valence-electron chi connectivity index (χ4n) is 1.59. The zero-order valence-corrected chi connectivity index (χ0v) is 12.3. The van der Waals surface area contributed by atoms with Crippen LogP contribution in [0.4, 0.5) is 5.69 Å². The topological polar surface area (TPSA) is 71.5 Å². The zero-order chi connectivity index (χ0) is 14.5. The van der Waals surface area contributed by atoms with E-state index in [9.17, 15) is 4.79 Å². The number of nitrogens with zero attached hydrogens (tertiary/aromatic N) is 1. The van der Waals surface area contributed by atoms with Gasteiger partial charge in [-0.2, -0.15) is 0 Å². The predicted molar refractivity (Wildman–Crippen MR) is 78.4 cm³/mol. The summed E-state index contributed by atoms with van der Waals surface area (Å²) in [5.41, 5.74) is 1.17. The molecule has 5 nitrogen and oxygen atoms in total. The van der Waals surface area contributed by atoms with Gasteiger partial charge in [-0.3, -0.25) is 4.79 Å². The van der Waals surface area contributed by atoms with Gasteiger partial charge in [0.25, 0.3) is 0 Å². The van der Waals surface area contributed by atoms with E-state index in [0.29, 0.717) is 27.2 Å². The highest BCUT2D eigenvalue weighted by Crippen LogP contribution is 2.27. The van der Waals surface area contributed by atoms with E-state index in [4.69, 9.17) is 21.4 Å². The van der Waals surface area contributed by atoms with Crippen LogP contribution < -0.4 is 10.1 Å². The summed E-state index contributed by atoms with van der Waals surface area (Å²) < 4.78 is 5.04. The number of carbonyl (C=O) groups excluding carboxylic acids is 1. The molecule has 2 aromatic rings. The molecule has 1 heterocycles. The molecule has 0 aliphatic heterocycles. The molecule has 1 aromatic carbocycles. The number of aliphatic hydroxyl groups is 1. The largest absolute Gasteiger partial charge is 0.495 e. The first-order valence-corrected chi connectivity index (χ1v) is 7.05. The minimum Gasteiger partial charge on any atom is -0.495 e. The van der Waals surface area contributed by atoms with Crippen LogP contribution in [0.25, 0.3) is 0 Å². The molecule has 2 rings (SSSR count). The van der Waals surface area contributed by atoms with Gasteiger partial charge < -0.3 is 15.2 Å². The molecule has 0 saturated carbocycles. The first-order valence-electron chi connectivity index (χ1n) is 5.80. The van der Waals surface area contributed by atoms with Crippen LogP contribution in [-0.4, -0.2) is 23.1 Å². The highest BCUT2D eigenvalue weighted by Gasteiger charge is 2.09. The van der Waals surface area contributed by atoms with Crippen molar-refractivity contribution in [3.05, 3.63) is 39.3 Å². The number of methoxy groups -OCH3 is 1. The second kappa shape index (κ2) is 6.69. The third kappa shape index (κ3) is 3.69. The van der Waals surface area contributed by atoms with Gasteiger partial charge in [0.05, 0.1) is 30.9 Å². The van der Waals surface area contributed by atoms with Gasteiger partial charge in [-0.15, -0.1) is 11.3 Å². The van der Waals surface area contributed by atoms with Crippen molar-refractivity contribution in [3.63, 3.8) is 0 Å². The molecule has 1 amide bonds. The Labute approximate surface area is 125 Å². The van der Waals surface area contributed by atoms with Crippen molar-refractivity contribution in [2.45, 2.75) is 13.0 Å². The van der Waals surface area contributed by atoms with Crippen molar-refractivity contribution in [1.29, 1.82) is 0 Å². The number of hydrogen-bond donors (Lipinski definition) is 2. The molecule has 20 heavy (non-hydrogen) atoms. The van der Waals surface area contributed by atoms with Gasteiger partial charge in [0, 0.05) is 11.1 Å². The minimum absolute atomic E-state index is 0.119. The van der Waals surface area contributed by atoms with Gasteiger partial charge in [0.1, 0.15) is 10.8 Å². The van der Waals surface area contributed by atoms with Crippen LogP contribution in [0.1, 0.15) is 10.7 Å². The zero-order valence-electron chi connectivity index (χ0n) is 10.7. The van der Waals surface area contributed by atoms with Crippen LogP contribution in [0, 0.1) is 0 Å². The molecular weight excluding hydrogens is 300 g/mol. The van der Waals surface area contributed by atoms with E-state index < -0.39 is 0 Å². The summed E-state index contributed by atoms with van der Waals surface area (Å²) in [5.74, 6) is 0.363. The lowest BCUT2D eigenvalue weighted by Crippen LogP contribution is -2.14. The molecule has 0 unspecified atom stereocenters. The molecule has 2 N–H and O–H groups in total. The molecule has 7 heteroatoms. The van der Waals surface area contributed by atoms with Crippen molar-refractivity contribution in [1.82, 2.24) is 4.98 Å². The maximum Gasteiger partial charge on any atom is 0.231 e. The van der Waals surface area contributed by atoms with E-state index in [-0.39, 0.29) is 18.9 Å². The molecule has 0 saturated heterocycles. The number of thiazole rings is 1. The fourth-order valence-corrected chi connectivity index (χ4v) is 2.63. The summed E-state index contributed by atoms with van der Waals surface area (Å²) in [6.45, 7) is -0.119. The highest BCUT2D eigenvalue weighted by molar-refractivity contribution is 7.09. The van der Waals surface area contributed by atoms with Crippen LogP contribution in [0.2, 0.25) is 5.02 Å². The third-order valence-corrected chi connectivity index (χ3v) is 3.70. The van der Waals surface area contributed by atoms with Gasteiger partial charge in [0.2, 0.25) is 5.91 Å². The summed E-state index contributed by atoms with van der Waals surface area (Å²) in [5, 5.41) is 14.5. The summed E-state index contributed by atoms with van der Waals surface area (Å²) in [4.78, 5) is 16.0. The van der Waals surface area contributed by atoms with Gasteiger partial charge in [0.15, 0.2) is 0 Å². The number of rotatable bonds is 5. The first-order chi connectivity index (χ1) is 9.62.